The average Bonchev–Trinajstić information content (AvgIpc) is 2.42. The second kappa shape index (κ2) is 3.09. The Hall–Kier alpha value is -0.920. The minimum Gasteiger partial charge on any atom is -0.195 e. The molecular formula is C9H3BrFNS. The second-order valence-corrected chi connectivity index (χ2v) is 4.42. The van der Waals surface area contributed by atoms with Crippen LogP contribution in [0, 0.1) is 16.5 Å². The predicted octanol–water partition coefficient (Wildman–Crippen LogP) is 3.67. The van der Waals surface area contributed by atoms with E-state index in [1.54, 1.807) is 12.1 Å². The first-order valence-corrected chi connectivity index (χ1v) is 5.10. The molecule has 13 heavy (non-hydrogen) atoms. The summed E-state index contributed by atoms with van der Waals surface area (Å²) in [7, 11) is 0. The lowest BCUT2D eigenvalue weighted by atomic mass is 10.2. The van der Waals surface area contributed by atoms with Gasteiger partial charge in [0.2, 0.25) is 0 Å². The first-order valence-electron chi connectivity index (χ1n) is 3.49. The van der Waals surface area contributed by atoms with Crippen molar-refractivity contribution in [2.24, 2.45) is 0 Å². The van der Waals surface area contributed by atoms with Gasteiger partial charge in [-0.15, -0.1) is 11.3 Å². The van der Waals surface area contributed by atoms with Crippen LogP contribution in [-0.2, 0) is 0 Å². The summed E-state index contributed by atoms with van der Waals surface area (Å²) in [6.07, 6.45) is 0. The van der Waals surface area contributed by atoms with Crippen LogP contribution in [0.4, 0.5) is 4.39 Å². The van der Waals surface area contributed by atoms with Gasteiger partial charge in [-0.3, -0.25) is 0 Å². The minimum atomic E-state index is -0.225. The molecule has 0 saturated heterocycles. The van der Waals surface area contributed by atoms with Gasteiger partial charge in [-0.05, 0) is 39.5 Å². The van der Waals surface area contributed by atoms with Crippen LogP contribution in [0.2, 0.25) is 0 Å². The van der Waals surface area contributed by atoms with E-state index in [0.717, 1.165) is 21.4 Å². The van der Waals surface area contributed by atoms with Gasteiger partial charge in [-0.25, -0.2) is 0 Å². The molecule has 0 aliphatic carbocycles. The highest BCUT2D eigenvalue weighted by atomic mass is 79.9. The van der Waals surface area contributed by atoms with Gasteiger partial charge in [0.15, 0.2) is 5.13 Å². The Morgan fingerprint density at radius 3 is 2.85 bits per heavy atom. The molecule has 2 rings (SSSR count). The van der Waals surface area contributed by atoms with Crippen molar-refractivity contribution in [3.05, 3.63) is 33.4 Å². The van der Waals surface area contributed by atoms with Crippen molar-refractivity contribution in [1.82, 2.24) is 0 Å². The Morgan fingerprint density at radius 1 is 1.38 bits per heavy atom. The number of rotatable bonds is 0. The highest BCUT2D eigenvalue weighted by molar-refractivity contribution is 9.10. The van der Waals surface area contributed by atoms with Gasteiger partial charge in [0.05, 0.1) is 5.56 Å². The van der Waals surface area contributed by atoms with E-state index >= 15 is 0 Å². The third kappa shape index (κ3) is 1.45. The van der Waals surface area contributed by atoms with Crippen LogP contribution < -0.4 is 0 Å². The fourth-order valence-corrected chi connectivity index (χ4v) is 2.37. The van der Waals surface area contributed by atoms with E-state index < -0.39 is 0 Å². The Morgan fingerprint density at radius 2 is 2.15 bits per heavy atom. The average molecular weight is 256 g/mol. The molecule has 2 aromatic rings. The smallest absolute Gasteiger partial charge is 0.177 e. The Balaban J connectivity index is 2.82. The van der Waals surface area contributed by atoms with Crippen molar-refractivity contribution in [3.8, 4) is 6.07 Å². The van der Waals surface area contributed by atoms with Crippen LogP contribution in [0.15, 0.2) is 22.7 Å². The molecule has 4 heteroatoms. The van der Waals surface area contributed by atoms with Crippen molar-refractivity contribution in [3.63, 3.8) is 0 Å². The first kappa shape index (κ1) is 8.67. The minimum absolute atomic E-state index is 0.225. The fraction of sp³-hybridized carbons (Fsp3) is 0. The van der Waals surface area contributed by atoms with Crippen molar-refractivity contribution in [2.75, 3.05) is 0 Å². The van der Waals surface area contributed by atoms with Crippen molar-refractivity contribution >= 4 is 37.4 Å². The van der Waals surface area contributed by atoms with Crippen LogP contribution in [0.3, 0.4) is 0 Å². The van der Waals surface area contributed by atoms with Crippen LogP contribution >= 0.6 is 27.3 Å². The summed E-state index contributed by atoms with van der Waals surface area (Å²) < 4.78 is 14.3. The summed E-state index contributed by atoms with van der Waals surface area (Å²) in [6.45, 7) is 0. The molecule has 0 N–H and O–H groups in total. The van der Waals surface area contributed by atoms with E-state index in [1.807, 2.05) is 6.07 Å². The third-order valence-electron chi connectivity index (χ3n) is 1.70. The molecule has 0 unspecified atom stereocenters. The zero-order valence-corrected chi connectivity index (χ0v) is 8.75. The number of hydrogen-bond acceptors (Lipinski definition) is 2. The Bertz CT molecular complexity index is 512. The molecular weight excluding hydrogens is 253 g/mol. The molecule has 1 aromatic heterocycles. The topological polar surface area (TPSA) is 23.8 Å². The molecule has 0 saturated carbocycles. The lowest BCUT2D eigenvalue weighted by molar-refractivity contribution is 0.658. The largest absolute Gasteiger partial charge is 0.195 e. The van der Waals surface area contributed by atoms with Gasteiger partial charge < -0.3 is 0 Å². The molecule has 1 nitrogen and oxygen atoms in total. The van der Waals surface area contributed by atoms with E-state index in [2.05, 4.69) is 15.9 Å². The molecule has 0 radical (unpaired) electrons. The van der Waals surface area contributed by atoms with Gasteiger partial charge in [0.25, 0.3) is 0 Å². The van der Waals surface area contributed by atoms with Crippen LogP contribution in [0.1, 0.15) is 5.56 Å². The second-order valence-electron chi connectivity index (χ2n) is 2.53. The molecule has 64 valence electrons. The van der Waals surface area contributed by atoms with Gasteiger partial charge in [-0.2, -0.15) is 9.65 Å². The van der Waals surface area contributed by atoms with E-state index in [9.17, 15) is 4.39 Å². The van der Waals surface area contributed by atoms with Gasteiger partial charge in [0, 0.05) is 9.17 Å². The maximum absolute atomic E-state index is 12.8. The summed E-state index contributed by atoms with van der Waals surface area (Å²) in [4.78, 5) is 0. The summed E-state index contributed by atoms with van der Waals surface area (Å²) in [5.74, 6) is 0. The molecule has 0 amide bonds. The van der Waals surface area contributed by atoms with Gasteiger partial charge in [-0.1, -0.05) is 0 Å². The summed E-state index contributed by atoms with van der Waals surface area (Å²) in [5, 5.41) is 9.32. The van der Waals surface area contributed by atoms with Crippen molar-refractivity contribution < 1.29 is 4.39 Å². The monoisotopic (exact) mass is 255 g/mol. The number of benzene rings is 1. The molecule has 1 heterocycles. The van der Waals surface area contributed by atoms with E-state index in [-0.39, 0.29) is 5.13 Å². The summed E-state index contributed by atoms with van der Waals surface area (Å²) in [5.41, 5.74) is 0.536. The zero-order chi connectivity index (χ0) is 9.42. The third-order valence-corrected chi connectivity index (χ3v) is 3.24. The number of hydrogen-bond donors (Lipinski definition) is 0. The predicted molar refractivity (Wildman–Crippen MR) is 54.2 cm³/mol. The van der Waals surface area contributed by atoms with Gasteiger partial charge >= 0.3 is 0 Å². The zero-order valence-electron chi connectivity index (χ0n) is 6.34. The number of nitriles is 1. The fourth-order valence-electron chi connectivity index (χ4n) is 1.11. The number of nitrogens with zero attached hydrogens (tertiary/aromatic N) is 1. The van der Waals surface area contributed by atoms with Crippen LogP contribution in [0.5, 0.6) is 0 Å². The molecule has 1 aromatic carbocycles. The quantitative estimate of drug-likeness (QED) is 0.705. The molecule has 0 spiro atoms. The maximum atomic E-state index is 12.8. The molecule has 0 fully saturated rings. The molecule has 0 aliphatic heterocycles. The van der Waals surface area contributed by atoms with Gasteiger partial charge in [0.1, 0.15) is 6.07 Å². The van der Waals surface area contributed by atoms with Crippen LogP contribution in [-0.4, -0.2) is 0 Å². The highest BCUT2D eigenvalue weighted by Gasteiger charge is 2.05. The standard InChI is InChI=1S/C9H3BrFNS/c10-7-1-5-3-9(11)13-8(5)2-6(7)4-12/h1-3H. The summed E-state index contributed by atoms with van der Waals surface area (Å²) >= 11 is 4.30. The SMILES string of the molecule is N#Cc1cc2sc(F)cc2cc1Br. The lowest BCUT2D eigenvalue weighted by Crippen LogP contribution is -1.75. The summed E-state index contributed by atoms with van der Waals surface area (Å²) in [6, 6.07) is 6.94. The number of thiophene rings is 1. The Labute approximate surface area is 86.5 Å². The molecule has 0 bridgehead atoms. The van der Waals surface area contributed by atoms with E-state index in [0.29, 0.717) is 10.0 Å². The van der Waals surface area contributed by atoms with E-state index in [1.165, 1.54) is 6.07 Å². The normalized spacial score (nSPS) is 10.2. The number of fused-ring (bicyclic) bond motifs is 1. The highest BCUT2D eigenvalue weighted by Crippen LogP contribution is 2.29. The molecule has 0 aliphatic rings. The van der Waals surface area contributed by atoms with Crippen LogP contribution in [0.25, 0.3) is 10.1 Å². The van der Waals surface area contributed by atoms with E-state index in [4.69, 9.17) is 5.26 Å². The first-order chi connectivity index (χ1) is 6.20. The maximum Gasteiger partial charge on any atom is 0.177 e. The Kier molecular flexibility index (Phi) is 2.06. The number of halogens is 2. The molecule has 0 atom stereocenters. The van der Waals surface area contributed by atoms with Crippen molar-refractivity contribution in [1.29, 1.82) is 5.26 Å². The lowest BCUT2D eigenvalue weighted by Gasteiger charge is -1.93. The van der Waals surface area contributed by atoms with Crippen molar-refractivity contribution in [2.45, 2.75) is 0 Å².